The van der Waals surface area contributed by atoms with E-state index in [2.05, 4.69) is 10.3 Å². The summed E-state index contributed by atoms with van der Waals surface area (Å²) in [5.41, 5.74) is 3.76. The molecule has 3 aromatic carbocycles. The first-order valence-corrected chi connectivity index (χ1v) is 9.38. The van der Waals surface area contributed by atoms with Crippen molar-refractivity contribution in [3.05, 3.63) is 108 Å². The smallest absolute Gasteiger partial charge is 0.244 e. The number of carbonyl (C=O) groups is 1. The van der Waals surface area contributed by atoms with Crippen LogP contribution in [-0.2, 0) is 17.9 Å². The SMILES string of the molecule is O=C(/C=C\c1ccccc1)NCc1nc2ccccc2n1Cc1ccc(F)cc1. The van der Waals surface area contributed by atoms with Crippen molar-refractivity contribution in [3.8, 4) is 0 Å². The first-order valence-electron chi connectivity index (χ1n) is 9.38. The van der Waals surface area contributed by atoms with Crippen molar-refractivity contribution < 1.29 is 9.18 Å². The van der Waals surface area contributed by atoms with Gasteiger partial charge >= 0.3 is 0 Å². The number of hydrogen-bond donors (Lipinski definition) is 1. The van der Waals surface area contributed by atoms with Crippen LogP contribution in [0.1, 0.15) is 17.0 Å². The summed E-state index contributed by atoms with van der Waals surface area (Å²) in [5, 5.41) is 2.90. The van der Waals surface area contributed by atoms with Gasteiger partial charge in [0.05, 0.1) is 17.6 Å². The van der Waals surface area contributed by atoms with Crippen molar-refractivity contribution in [1.29, 1.82) is 0 Å². The highest BCUT2D eigenvalue weighted by atomic mass is 19.1. The van der Waals surface area contributed by atoms with Gasteiger partial charge in [-0.1, -0.05) is 54.6 Å². The molecule has 0 spiro atoms. The second-order valence-electron chi connectivity index (χ2n) is 6.69. The van der Waals surface area contributed by atoms with Crippen LogP contribution in [0, 0.1) is 5.82 Å². The molecule has 0 saturated carbocycles. The zero-order valence-electron chi connectivity index (χ0n) is 15.8. The van der Waals surface area contributed by atoms with Crippen LogP contribution in [0.25, 0.3) is 17.1 Å². The van der Waals surface area contributed by atoms with Gasteiger partial charge < -0.3 is 9.88 Å². The van der Waals surface area contributed by atoms with E-state index in [4.69, 9.17) is 0 Å². The molecule has 1 heterocycles. The lowest BCUT2D eigenvalue weighted by Gasteiger charge is -2.10. The Kier molecular flexibility index (Phi) is 5.47. The van der Waals surface area contributed by atoms with Crippen LogP contribution in [0.2, 0.25) is 0 Å². The molecule has 0 atom stereocenters. The van der Waals surface area contributed by atoms with Gasteiger partial charge in [0.15, 0.2) is 0 Å². The van der Waals surface area contributed by atoms with Gasteiger partial charge in [-0.3, -0.25) is 4.79 Å². The lowest BCUT2D eigenvalue weighted by Crippen LogP contribution is -2.23. The van der Waals surface area contributed by atoms with Crippen molar-refractivity contribution in [1.82, 2.24) is 14.9 Å². The van der Waals surface area contributed by atoms with Gasteiger partial charge in [0.1, 0.15) is 11.6 Å². The molecule has 0 saturated heterocycles. The van der Waals surface area contributed by atoms with E-state index in [-0.39, 0.29) is 11.7 Å². The van der Waals surface area contributed by atoms with E-state index >= 15 is 0 Å². The van der Waals surface area contributed by atoms with E-state index in [9.17, 15) is 9.18 Å². The number of halogens is 1. The number of nitrogens with zero attached hydrogens (tertiary/aromatic N) is 2. The second-order valence-corrected chi connectivity index (χ2v) is 6.69. The zero-order valence-corrected chi connectivity index (χ0v) is 15.8. The zero-order chi connectivity index (χ0) is 20.1. The molecule has 4 nitrogen and oxygen atoms in total. The Morgan fingerprint density at radius 2 is 1.69 bits per heavy atom. The van der Waals surface area contributed by atoms with Crippen molar-refractivity contribution >= 4 is 23.0 Å². The number of fused-ring (bicyclic) bond motifs is 1. The largest absolute Gasteiger partial charge is 0.345 e. The molecule has 0 bridgehead atoms. The Balaban J connectivity index is 1.52. The summed E-state index contributed by atoms with van der Waals surface area (Å²) in [6.07, 6.45) is 3.29. The van der Waals surface area contributed by atoms with Crippen LogP contribution in [0.3, 0.4) is 0 Å². The van der Waals surface area contributed by atoms with Gasteiger partial charge in [-0.2, -0.15) is 0 Å². The second kappa shape index (κ2) is 8.52. The minimum absolute atomic E-state index is 0.186. The van der Waals surface area contributed by atoms with Crippen LogP contribution in [0.4, 0.5) is 4.39 Å². The maximum atomic E-state index is 13.2. The first-order chi connectivity index (χ1) is 14.2. The van der Waals surface area contributed by atoms with Crippen LogP contribution in [0.5, 0.6) is 0 Å². The molecule has 5 heteroatoms. The first kappa shape index (κ1) is 18.6. The lowest BCUT2D eigenvalue weighted by atomic mass is 10.2. The predicted octanol–water partition coefficient (Wildman–Crippen LogP) is 4.55. The summed E-state index contributed by atoms with van der Waals surface area (Å²) in [5.74, 6) is 0.299. The number of carbonyl (C=O) groups excluding carboxylic acids is 1. The number of amides is 1. The molecule has 1 N–H and O–H groups in total. The van der Waals surface area contributed by atoms with Crippen molar-refractivity contribution in [2.45, 2.75) is 13.1 Å². The predicted molar refractivity (Wildman–Crippen MR) is 113 cm³/mol. The van der Waals surface area contributed by atoms with E-state index in [1.54, 1.807) is 18.2 Å². The Labute approximate surface area is 168 Å². The fourth-order valence-electron chi connectivity index (χ4n) is 3.17. The van der Waals surface area contributed by atoms with Crippen LogP contribution in [-0.4, -0.2) is 15.5 Å². The van der Waals surface area contributed by atoms with Crippen molar-refractivity contribution in [3.63, 3.8) is 0 Å². The number of rotatable bonds is 6. The molecule has 4 rings (SSSR count). The average molecular weight is 385 g/mol. The Hall–Kier alpha value is -3.73. The van der Waals surface area contributed by atoms with Gasteiger partial charge in [-0.15, -0.1) is 0 Å². The molecule has 0 fully saturated rings. The van der Waals surface area contributed by atoms with Gasteiger partial charge in [0, 0.05) is 12.6 Å². The summed E-state index contributed by atoms with van der Waals surface area (Å²) in [4.78, 5) is 16.9. The molecule has 0 unspecified atom stereocenters. The van der Waals surface area contributed by atoms with Crippen molar-refractivity contribution in [2.75, 3.05) is 0 Å². The Morgan fingerprint density at radius 1 is 0.966 bits per heavy atom. The number of aromatic nitrogens is 2. The molecule has 1 amide bonds. The van der Waals surface area contributed by atoms with E-state index in [0.29, 0.717) is 13.1 Å². The molecule has 0 aliphatic heterocycles. The summed E-state index contributed by atoms with van der Waals surface area (Å²) in [6, 6.07) is 23.9. The summed E-state index contributed by atoms with van der Waals surface area (Å²) < 4.78 is 15.3. The maximum absolute atomic E-state index is 13.2. The van der Waals surface area contributed by atoms with Crippen molar-refractivity contribution in [2.24, 2.45) is 0 Å². The standard InChI is InChI=1S/C24H20FN3O/c25-20-13-10-19(11-14-20)17-28-22-9-5-4-8-21(22)27-23(28)16-26-24(29)15-12-18-6-2-1-3-7-18/h1-15H,16-17H2,(H,26,29)/b15-12-. The van der Waals surface area contributed by atoms with E-state index < -0.39 is 0 Å². The van der Waals surface area contributed by atoms with Crippen LogP contribution >= 0.6 is 0 Å². The van der Waals surface area contributed by atoms with E-state index in [1.807, 2.05) is 59.2 Å². The number of benzene rings is 3. The summed E-state index contributed by atoms with van der Waals surface area (Å²) in [6.45, 7) is 0.847. The monoisotopic (exact) mass is 385 g/mol. The molecule has 144 valence electrons. The third-order valence-electron chi connectivity index (χ3n) is 4.64. The highest BCUT2D eigenvalue weighted by molar-refractivity contribution is 5.91. The Bertz CT molecular complexity index is 1150. The minimum atomic E-state index is -0.262. The molecule has 0 aliphatic carbocycles. The topological polar surface area (TPSA) is 46.9 Å². The molecule has 0 aliphatic rings. The van der Waals surface area contributed by atoms with Crippen LogP contribution < -0.4 is 5.32 Å². The fourth-order valence-corrected chi connectivity index (χ4v) is 3.17. The average Bonchev–Trinajstić information content (AvgIpc) is 3.10. The van der Waals surface area contributed by atoms with E-state index in [0.717, 1.165) is 28.0 Å². The number of imidazole rings is 1. The normalized spacial score (nSPS) is 11.2. The third-order valence-corrected chi connectivity index (χ3v) is 4.64. The highest BCUT2D eigenvalue weighted by Crippen LogP contribution is 2.18. The molecule has 0 radical (unpaired) electrons. The molecule has 4 aromatic rings. The molecule has 1 aromatic heterocycles. The highest BCUT2D eigenvalue weighted by Gasteiger charge is 2.11. The third kappa shape index (κ3) is 4.58. The number of nitrogens with one attached hydrogen (secondary N) is 1. The summed E-state index contributed by atoms with van der Waals surface area (Å²) >= 11 is 0. The van der Waals surface area contributed by atoms with Gasteiger partial charge in [0.25, 0.3) is 0 Å². The van der Waals surface area contributed by atoms with Gasteiger partial charge in [0.2, 0.25) is 5.91 Å². The summed E-state index contributed by atoms with van der Waals surface area (Å²) in [7, 11) is 0. The molecule has 29 heavy (non-hydrogen) atoms. The van der Waals surface area contributed by atoms with Gasteiger partial charge in [-0.05, 0) is 41.5 Å². The van der Waals surface area contributed by atoms with Gasteiger partial charge in [-0.25, -0.2) is 9.37 Å². The lowest BCUT2D eigenvalue weighted by molar-refractivity contribution is -0.116. The maximum Gasteiger partial charge on any atom is 0.244 e. The number of hydrogen-bond acceptors (Lipinski definition) is 2. The Morgan fingerprint density at radius 3 is 2.48 bits per heavy atom. The fraction of sp³-hybridized carbons (Fsp3) is 0.0833. The van der Waals surface area contributed by atoms with Crippen LogP contribution in [0.15, 0.2) is 84.9 Å². The minimum Gasteiger partial charge on any atom is -0.345 e. The molecular weight excluding hydrogens is 365 g/mol. The number of para-hydroxylation sites is 2. The molecular formula is C24H20FN3O. The quantitative estimate of drug-likeness (QED) is 0.495. The van der Waals surface area contributed by atoms with E-state index in [1.165, 1.54) is 18.2 Å².